The molecule has 0 bridgehead atoms. The van der Waals surface area contributed by atoms with Crippen LogP contribution >= 0.6 is 23.1 Å². The number of thiazole rings is 1. The molecule has 2 rings (SSSR count). The highest BCUT2D eigenvalue weighted by Gasteiger charge is 2.13. The normalized spacial score (nSPS) is 16.1. The number of aromatic nitrogens is 1. The molecule has 118 valence electrons. The molecule has 0 saturated heterocycles. The van der Waals surface area contributed by atoms with E-state index in [4.69, 9.17) is 0 Å². The Kier molecular flexibility index (Phi) is 7.04. The number of nitrogens with one attached hydrogen (secondary N) is 1. The fourth-order valence-corrected chi connectivity index (χ4v) is 4.97. The Hall–Kier alpha value is -0.550. The third-order valence-corrected chi connectivity index (χ3v) is 6.41. The van der Waals surface area contributed by atoms with Crippen LogP contribution in [0.4, 0.5) is 0 Å². The molecule has 1 aliphatic carbocycles. The largest absolute Gasteiger partial charge is 0.356 e. The van der Waals surface area contributed by atoms with E-state index in [2.05, 4.69) is 22.1 Å². The van der Waals surface area contributed by atoms with Gasteiger partial charge in [-0.2, -0.15) is 11.8 Å². The number of hydrogen-bond acceptors (Lipinski definition) is 4. The molecule has 0 aromatic carbocycles. The molecule has 0 unspecified atom stereocenters. The maximum absolute atomic E-state index is 11.9. The Bertz CT molecular complexity index is 453. The van der Waals surface area contributed by atoms with Crippen molar-refractivity contribution in [2.24, 2.45) is 0 Å². The average molecular weight is 327 g/mol. The quantitative estimate of drug-likeness (QED) is 0.773. The lowest BCUT2D eigenvalue weighted by molar-refractivity contribution is -0.120. The zero-order valence-electron chi connectivity index (χ0n) is 13.1. The molecule has 1 aromatic heterocycles. The molecule has 1 N–H and O–H groups in total. The van der Waals surface area contributed by atoms with Gasteiger partial charge in [-0.05, 0) is 38.9 Å². The van der Waals surface area contributed by atoms with Gasteiger partial charge in [-0.25, -0.2) is 4.98 Å². The monoisotopic (exact) mass is 326 g/mol. The predicted octanol–water partition coefficient (Wildman–Crippen LogP) is 3.87. The summed E-state index contributed by atoms with van der Waals surface area (Å²) in [5, 5.41) is 4.95. The minimum atomic E-state index is 0.129. The highest BCUT2D eigenvalue weighted by molar-refractivity contribution is 7.99. The summed E-state index contributed by atoms with van der Waals surface area (Å²) >= 11 is 3.73. The standard InChI is InChI=1S/C16H26N2OS2/c1-12-15(21-13(2)18-12)11-16(19)17-9-6-10-20-14-7-4-3-5-8-14/h14H,3-11H2,1-2H3,(H,17,19). The van der Waals surface area contributed by atoms with E-state index in [0.717, 1.165) is 33.8 Å². The van der Waals surface area contributed by atoms with Crippen molar-refractivity contribution in [3.05, 3.63) is 15.6 Å². The molecule has 1 aliphatic rings. The van der Waals surface area contributed by atoms with E-state index < -0.39 is 0 Å². The fourth-order valence-electron chi connectivity index (χ4n) is 2.73. The van der Waals surface area contributed by atoms with Crippen LogP contribution in [-0.4, -0.2) is 28.4 Å². The molecule has 3 nitrogen and oxygen atoms in total. The van der Waals surface area contributed by atoms with Crippen molar-refractivity contribution in [3.63, 3.8) is 0 Å². The van der Waals surface area contributed by atoms with E-state index in [1.807, 2.05) is 13.8 Å². The summed E-state index contributed by atoms with van der Waals surface area (Å²) < 4.78 is 0. The lowest BCUT2D eigenvalue weighted by Gasteiger charge is -2.20. The molecule has 1 fully saturated rings. The second kappa shape index (κ2) is 8.79. The van der Waals surface area contributed by atoms with Gasteiger partial charge in [-0.1, -0.05) is 19.3 Å². The third kappa shape index (κ3) is 5.99. The van der Waals surface area contributed by atoms with Crippen LogP contribution in [0.2, 0.25) is 0 Å². The first kappa shape index (κ1) is 16.8. The number of hydrogen-bond donors (Lipinski definition) is 1. The minimum absolute atomic E-state index is 0.129. The lowest BCUT2D eigenvalue weighted by Crippen LogP contribution is -2.26. The predicted molar refractivity (Wildman–Crippen MR) is 92.2 cm³/mol. The van der Waals surface area contributed by atoms with Crippen molar-refractivity contribution in [2.75, 3.05) is 12.3 Å². The number of rotatable bonds is 7. The summed E-state index contributed by atoms with van der Waals surface area (Å²) in [5.74, 6) is 1.30. The van der Waals surface area contributed by atoms with Crippen molar-refractivity contribution in [1.82, 2.24) is 10.3 Å². The highest BCUT2D eigenvalue weighted by atomic mass is 32.2. The summed E-state index contributed by atoms with van der Waals surface area (Å²) in [6.45, 7) is 4.77. The Labute approximate surface area is 136 Å². The first-order chi connectivity index (χ1) is 10.1. The Morgan fingerprint density at radius 3 is 2.76 bits per heavy atom. The van der Waals surface area contributed by atoms with Gasteiger partial charge in [-0.15, -0.1) is 11.3 Å². The molecule has 1 heterocycles. The van der Waals surface area contributed by atoms with Crippen molar-refractivity contribution >= 4 is 29.0 Å². The molecule has 5 heteroatoms. The van der Waals surface area contributed by atoms with Gasteiger partial charge in [0.1, 0.15) is 0 Å². The van der Waals surface area contributed by atoms with Gasteiger partial charge in [0.15, 0.2) is 0 Å². The molecular formula is C16H26N2OS2. The number of amides is 1. The average Bonchev–Trinajstić information content (AvgIpc) is 2.77. The fraction of sp³-hybridized carbons (Fsp3) is 0.750. The lowest BCUT2D eigenvalue weighted by atomic mass is 10.0. The summed E-state index contributed by atoms with van der Waals surface area (Å²) in [6, 6.07) is 0. The van der Waals surface area contributed by atoms with Crippen LogP contribution < -0.4 is 5.32 Å². The molecule has 1 saturated carbocycles. The summed E-state index contributed by atoms with van der Waals surface area (Å²) in [7, 11) is 0. The van der Waals surface area contributed by atoms with Crippen molar-refractivity contribution in [1.29, 1.82) is 0 Å². The van der Waals surface area contributed by atoms with E-state index in [-0.39, 0.29) is 5.91 Å². The first-order valence-corrected chi connectivity index (χ1v) is 9.83. The maximum atomic E-state index is 11.9. The maximum Gasteiger partial charge on any atom is 0.225 e. The van der Waals surface area contributed by atoms with E-state index >= 15 is 0 Å². The highest BCUT2D eigenvalue weighted by Crippen LogP contribution is 2.28. The van der Waals surface area contributed by atoms with Crippen LogP contribution in [0.5, 0.6) is 0 Å². The zero-order valence-corrected chi connectivity index (χ0v) is 14.7. The molecule has 0 atom stereocenters. The van der Waals surface area contributed by atoms with Gasteiger partial charge in [0.25, 0.3) is 0 Å². The van der Waals surface area contributed by atoms with Gasteiger partial charge in [0.2, 0.25) is 5.91 Å². The van der Waals surface area contributed by atoms with Crippen molar-refractivity contribution in [2.45, 2.75) is 64.0 Å². The van der Waals surface area contributed by atoms with E-state index in [1.54, 1.807) is 11.3 Å². The minimum Gasteiger partial charge on any atom is -0.356 e. The van der Waals surface area contributed by atoms with Crippen LogP contribution in [0.1, 0.15) is 54.1 Å². The van der Waals surface area contributed by atoms with Gasteiger partial charge in [-0.3, -0.25) is 4.79 Å². The van der Waals surface area contributed by atoms with Gasteiger partial charge in [0.05, 0.1) is 17.1 Å². The first-order valence-electron chi connectivity index (χ1n) is 7.96. The van der Waals surface area contributed by atoms with Crippen LogP contribution in [0.3, 0.4) is 0 Å². The third-order valence-electron chi connectivity index (χ3n) is 3.87. The molecule has 1 aromatic rings. The van der Waals surface area contributed by atoms with Crippen LogP contribution in [0.25, 0.3) is 0 Å². The second-order valence-electron chi connectivity index (χ2n) is 5.75. The second-order valence-corrected chi connectivity index (χ2v) is 8.45. The topological polar surface area (TPSA) is 42.0 Å². The van der Waals surface area contributed by atoms with Crippen molar-refractivity contribution < 1.29 is 4.79 Å². The molecule has 0 spiro atoms. The number of thioether (sulfide) groups is 1. The van der Waals surface area contributed by atoms with Crippen LogP contribution in [0, 0.1) is 13.8 Å². The van der Waals surface area contributed by atoms with E-state index in [0.29, 0.717) is 6.42 Å². The Morgan fingerprint density at radius 1 is 1.33 bits per heavy atom. The number of carbonyl (C=O) groups is 1. The number of aryl methyl sites for hydroxylation is 2. The Morgan fingerprint density at radius 2 is 2.10 bits per heavy atom. The molecule has 0 aliphatic heterocycles. The van der Waals surface area contributed by atoms with E-state index in [9.17, 15) is 4.79 Å². The van der Waals surface area contributed by atoms with Gasteiger partial charge in [0, 0.05) is 16.7 Å². The zero-order chi connectivity index (χ0) is 15.1. The molecule has 1 amide bonds. The molecule has 0 radical (unpaired) electrons. The summed E-state index contributed by atoms with van der Waals surface area (Å²) in [6.07, 6.45) is 8.57. The smallest absolute Gasteiger partial charge is 0.225 e. The SMILES string of the molecule is Cc1nc(C)c(CC(=O)NCCCSC2CCCCC2)s1. The Balaban J connectivity index is 1.55. The van der Waals surface area contributed by atoms with Gasteiger partial charge >= 0.3 is 0 Å². The number of nitrogens with zero attached hydrogens (tertiary/aromatic N) is 1. The van der Waals surface area contributed by atoms with E-state index in [1.165, 1.54) is 37.9 Å². The number of carbonyl (C=O) groups excluding carboxylic acids is 1. The summed E-state index contributed by atoms with van der Waals surface area (Å²) in [5.41, 5.74) is 1.00. The molecular weight excluding hydrogens is 300 g/mol. The summed E-state index contributed by atoms with van der Waals surface area (Å²) in [4.78, 5) is 17.4. The van der Waals surface area contributed by atoms with Crippen LogP contribution in [0.15, 0.2) is 0 Å². The van der Waals surface area contributed by atoms with Crippen LogP contribution in [-0.2, 0) is 11.2 Å². The van der Waals surface area contributed by atoms with Gasteiger partial charge < -0.3 is 5.32 Å². The van der Waals surface area contributed by atoms with Crippen molar-refractivity contribution in [3.8, 4) is 0 Å². The molecule has 21 heavy (non-hydrogen) atoms.